The largest absolute Gasteiger partial charge is 0.316 e. The van der Waals surface area contributed by atoms with E-state index in [1.807, 2.05) is 13.1 Å². The summed E-state index contributed by atoms with van der Waals surface area (Å²) in [4.78, 5) is 0.309. The highest BCUT2D eigenvalue weighted by molar-refractivity contribution is 9.10. The van der Waals surface area contributed by atoms with E-state index < -0.39 is 10.0 Å². The monoisotopic (exact) mass is 360 g/mol. The summed E-state index contributed by atoms with van der Waals surface area (Å²) in [7, 11) is -1.62. The van der Waals surface area contributed by atoms with Crippen molar-refractivity contribution in [2.24, 2.45) is 11.3 Å². The number of nitrogens with one attached hydrogen (secondary N) is 2. The Bertz CT molecular complexity index is 599. The summed E-state index contributed by atoms with van der Waals surface area (Å²) in [5, 5.41) is 3.02. The van der Waals surface area contributed by atoms with Gasteiger partial charge in [0.05, 0.1) is 4.90 Å². The van der Waals surface area contributed by atoms with Gasteiger partial charge in [0.2, 0.25) is 10.0 Å². The zero-order valence-electron chi connectivity index (χ0n) is 12.0. The van der Waals surface area contributed by atoms with Gasteiger partial charge in [-0.1, -0.05) is 19.9 Å². The molecule has 1 unspecified atom stereocenters. The van der Waals surface area contributed by atoms with Crippen molar-refractivity contribution in [1.29, 1.82) is 0 Å². The van der Waals surface area contributed by atoms with Crippen molar-refractivity contribution >= 4 is 26.0 Å². The molecule has 20 heavy (non-hydrogen) atoms. The molecule has 0 amide bonds. The van der Waals surface area contributed by atoms with E-state index in [1.165, 1.54) is 0 Å². The van der Waals surface area contributed by atoms with Gasteiger partial charge in [0, 0.05) is 17.6 Å². The molecule has 2 N–H and O–H groups in total. The van der Waals surface area contributed by atoms with E-state index in [1.54, 1.807) is 12.1 Å². The molecule has 1 aliphatic rings. The Hall–Kier alpha value is -0.430. The third-order valence-electron chi connectivity index (χ3n) is 3.90. The summed E-state index contributed by atoms with van der Waals surface area (Å²) in [6.45, 7) is 5.48. The summed E-state index contributed by atoms with van der Waals surface area (Å²) >= 11 is 3.32. The Morgan fingerprint density at radius 2 is 2.05 bits per heavy atom. The van der Waals surface area contributed by atoms with Crippen LogP contribution in [0.1, 0.15) is 25.8 Å². The van der Waals surface area contributed by atoms with Crippen LogP contribution >= 0.6 is 15.9 Å². The molecule has 2 rings (SSSR count). The lowest BCUT2D eigenvalue weighted by Gasteiger charge is -2.11. The van der Waals surface area contributed by atoms with Crippen molar-refractivity contribution in [3.63, 3.8) is 0 Å². The second-order valence-corrected chi connectivity index (χ2v) is 8.63. The summed E-state index contributed by atoms with van der Waals surface area (Å²) in [5.74, 6) is 0.441. The second-order valence-electron chi connectivity index (χ2n) is 6.04. The molecule has 6 heteroatoms. The fraction of sp³-hybridized carbons (Fsp3) is 0.571. The standard InChI is InChI=1S/C14H21BrN2O2S/c1-14(2)7-11(14)9-17-20(18,19)13-6-10(8-16-3)4-5-12(13)15/h4-6,11,16-17H,7-9H2,1-3H3. The first-order valence-corrected chi connectivity index (χ1v) is 8.96. The van der Waals surface area contributed by atoms with E-state index >= 15 is 0 Å². The van der Waals surface area contributed by atoms with E-state index in [0.717, 1.165) is 12.0 Å². The summed E-state index contributed by atoms with van der Waals surface area (Å²) in [5.41, 5.74) is 1.22. The van der Waals surface area contributed by atoms with Crippen LogP contribution in [-0.2, 0) is 16.6 Å². The topological polar surface area (TPSA) is 58.2 Å². The highest BCUT2D eigenvalue weighted by Crippen LogP contribution is 2.51. The SMILES string of the molecule is CNCc1ccc(Br)c(S(=O)(=O)NCC2CC2(C)C)c1. The van der Waals surface area contributed by atoms with Crippen molar-refractivity contribution in [1.82, 2.24) is 10.0 Å². The van der Waals surface area contributed by atoms with Gasteiger partial charge in [0.15, 0.2) is 0 Å². The van der Waals surface area contributed by atoms with Crippen molar-refractivity contribution in [2.75, 3.05) is 13.6 Å². The number of rotatable bonds is 6. The first-order chi connectivity index (χ1) is 9.26. The molecule has 0 saturated heterocycles. The number of benzene rings is 1. The average molecular weight is 361 g/mol. The lowest BCUT2D eigenvalue weighted by molar-refractivity contribution is 0.537. The number of sulfonamides is 1. The zero-order valence-corrected chi connectivity index (χ0v) is 14.4. The molecule has 1 aromatic rings. The first kappa shape index (κ1) is 15.9. The Morgan fingerprint density at radius 1 is 1.40 bits per heavy atom. The molecular formula is C14H21BrN2O2S. The molecule has 0 bridgehead atoms. The molecule has 0 radical (unpaired) electrons. The minimum atomic E-state index is -3.46. The minimum Gasteiger partial charge on any atom is -0.316 e. The Balaban J connectivity index is 2.14. The molecule has 0 aliphatic heterocycles. The van der Waals surface area contributed by atoms with Crippen molar-refractivity contribution in [3.8, 4) is 0 Å². The number of hydrogen-bond acceptors (Lipinski definition) is 3. The molecule has 0 heterocycles. The smallest absolute Gasteiger partial charge is 0.241 e. The maximum absolute atomic E-state index is 12.4. The third-order valence-corrected chi connectivity index (χ3v) is 6.32. The van der Waals surface area contributed by atoms with Crippen LogP contribution in [0.5, 0.6) is 0 Å². The quantitative estimate of drug-likeness (QED) is 0.819. The van der Waals surface area contributed by atoms with E-state index in [4.69, 9.17) is 0 Å². The normalized spacial score (nSPS) is 20.9. The fourth-order valence-electron chi connectivity index (χ4n) is 2.28. The van der Waals surface area contributed by atoms with E-state index in [2.05, 4.69) is 39.8 Å². The maximum Gasteiger partial charge on any atom is 0.241 e. The van der Waals surface area contributed by atoms with Gasteiger partial charge in [-0.15, -0.1) is 0 Å². The number of halogens is 1. The van der Waals surface area contributed by atoms with Gasteiger partial charge in [0.25, 0.3) is 0 Å². The molecule has 1 saturated carbocycles. The molecule has 1 aromatic carbocycles. The molecule has 0 aromatic heterocycles. The third kappa shape index (κ3) is 3.61. The minimum absolute atomic E-state index is 0.272. The lowest BCUT2D eigenvalue weighted by atomic mass is 10.1. The van der Waals surface area contributed by atoms with Gasteiger partial charge < -0.3 is 5.32 Å². The van der Waals surface area contributed by atoms with E-state index in [9.17, 15) is 8.42 Å². The Morgan fingerprint density at radius 3 is 2.60 bits per heavy atom. The van der Waals surface area contributed by atoms with Crippen LogP contribution in [-0.4, -0.2) is 22.0 Å². The molecular weight excluding hydrogens is 340 g/mol. The zero-order chi connectivity index (χ0) is 15.0. The van der Waals surface area contributed by atoms with Crippen molar-refractivity contribution in [2.45, 2.75) is 31.7 Å². The van der Waals surface area contributed by atoms with Gasteiger partial charge in [-0.2, -0.15) is 0 Å². The highest BCUT2D eigenvalue weighted by atomic mass is 79.9. The molecule has 112 valence electrons. The van der Waals surface area contributed by atoms with Crippen molar-refractivity contribution < 1.29 is 8.42 Å². The fourth-order valence-corrected chi connectivity index (χ4v) is 4.37. The Kier molecular flexibility index (Phi) is 4.59. The lowest BCUT2D eigenvalue weighted by Crippen LogP contribution is -2.27. The summed E-state index contributed by atoms with van der Waals surface area (Å²) < 4.78 is 28.1. The predicted molar refractivity (Wildman–Crippen MR) is 84.0 cm³/mol. The van der Waals surface area contributed by atoms with Crippen LogP contribution in [0.25, 0.3) is 0 Å². The van der Waals surface area contributed by atoms with Crippen molar-refractivity contribution in [3.05, 3.63) is 28.2 Å². The van der Waals surface area contributed by atoms with E-state index in [-0.39, 0.29) is 5.41 Å². The van der Waals surface area contributed by atoms with Crippen LogP contribution in [0.3, 0.4) is 0 Å². The van der Waals surface area contributed by atoms with Gasteiger partial charge in [0.1, 0.15) is 0 Å². The van der Waals surface area contributed by atoms with Crippen LogP contribution in [0, 0.1) is 11.3 Å². The maximum atomic E-state index is 12.4. The average Bonchev–Trinajstić information content (AvgIpc) is 2.97. The molecule has 1 fully saturated rings. The molecule has 4 nitrogen and oxygen atoms in total. The van der Waals surface area contributed by atoms with Gasteiger partial charge in [-0.25, -0.2) is 13.1 Å². The Labute approximate surface area is 129 Å². The van der Waals surface area contributed by atoms with Gasteiger partial charge in [-0.3, -0.25) is 0 Å². The van der Waals surface area contributed by atoms with Gasteiger partial charge >= 0.3 is 0 Å². The molecule has 1 aliphatic carbocycles. The molecule has 0 spiro atoms. The van der Waals surface area contributed by atoms with Crippen LogP contribution in [0.15, 0.2) is 27.6 Å². The second kappa shape index (κ2) is 5.75. The van der Waals surface area contributed by atoms with Crippen LogP contribution in [0.2, 0.25) is 0 Å². The van der Waals surface area contributed by atoms with E-state index in [0.29, 0.717) is 28.4 Å². The summed E-state index contributed by atoms with van der Waals surface area (Å²) in [6, 6.07) is 5.40. The van der Waals surface area contributed by atoms with Crippen LogP contribution in [0.4, 0.5) is 0 Å². The first-order valence-electron chi connectivity index (χ1n) is 6.69. The van der Waals surface area contributed by atoms with Crippen LogP contribution < -0.4 is 10.0 Å². The van der Waals surface area contributed by atoms with Gasteiger partial charge in [-0.05, 0) is 58.4 Å². The molecule has 1 atom stereocenters. The predicted octanol–water partition coefficient (Wildman–Crippen LogP) is 2.49. The highest BCUT2D eigenvalue weighted by Gasteiger charge is 2.45. The summed E-state index contributed by atoms with van der Waals surface area (Å²) in [6.07, 6.45) is 1.08. The number of hydrogen-bond donors (Lipinski definition) is 2.